The van der Waals surface area contributed by atoms with Crippen molar-refractivity contribution in [2.24, 2.45) is 5.73 Å². The van der Waals surface area contributed by atoms with Gasteiger partial charge < -0.3 is 5.73 Å². The maximum atomic E-state index is 6.12. The summed E-state index contributed by atoms with van der Waals surface area (Å²) in [6.07, 6.45) is 3.78. The van der Waals surface area contributed by atoms with Crippen LogP contribution in [0.1, 0.15) is 37.1 Å². The predicted octanol–water partition coefficient (Wildman–Crippen LogP) is 3.43. The molecule has 0 amide bonds. The third-order valence-corrected chi connectivity index (χ3v) is 3.48. The van der Waals surface area contributed by atoms with Crippen LogP contribution in [-0.4, -0.2) is 15.0 Å². The summed E-state index contributed by atoms with van der Waals surface area (Å²) in [5, 5.41) is 9.49. The summed E-state index contributed by atoms with van der Waals surface area (Å²) in [6.45, 7) is 2.63. The van der Waals surface area contributed by atoms with E-state index in [0.29, 0.717) is 16.6 Å². The van der Waals surface area contributed by atoms with Crippen molar-refractivity contribution in [3.8, 4) is 0 Å². The molecule has 0 radical (unpaired) electrons. The van der Waals surface area contributed by atoms with Crippen LogP contribution in [0, 0.1) is 0 Å². The van der Waals surface area contributed by atoms with Gasteiger partial charge in [0.1, 0.15) is 0 Å². The normalized spacial score (nSPS) is 12.6. The molecular formula is C13H16Cl2N4. The molecule has 19 heavy (non-hydrogen) atoms. The lowest BCUT2D eigenvalue weighted by atomic mass is 10.1. The Hall–Kier alpha value is -1.10. The molecule has 1 aromatic heterocycles. The van der Waals surface area contributed by atoms with Gasteiger partial charge in [-0.1, -0.05) is 41.8 Å². The molecule has 1 atom stereocenters. The average molecular weight is 299 g/mol. The summed E-state index contributed by atoms with van der Waals surface area (Å²) in [5.41, 5.74) is 7.72. The summed E-state index contributed by atoms with van der Waals surface area (Å²) in [5.74, 6) is 0. The number of nitrogens with two attached hydrogens (primary N) is 1. The Balaban J connectivity index is 2.13. The SMILES string of the molecule is CCCC(N)c1cn(Cc2cc(Cl)ccc2Cl)nn1. The Morgan fingerprint density at radius 1 is 1.37 bits per heavy atom. The first-order chi connectivity index (χ1) is 9.10. The minimum absolute atomic E-state index is 0.0615. The zero-order valence-electron chi connectivity index (χ0n) is 10.7. The first kappa shape index (κ1) is 14.3. The van der Waals surface area contributed by atoms with Gasteiger partial charge in [0.2, 0.25) is 0 Å². The molecule has 0 spiro atoms. The molecule has 2 rings (SSSR count). The van der Waals surface area contributed by atoms with Crippen LogP contribution in [0.25, 0.3) is 0 Å². The monoisotopic (exact) mass is 298 g/mol. The van der Waals surface area contributed by atoms with Gasteiger partial charge >= 0.3 is 0 Å². The van der Waals surface area contributed by atoms with E-state index in [0.717, 1.165) is 24.1 Å². The minimum atomic E-state index is -0.0615. The van der Waals surface area contributed by atoms with Crippen molar-refractivity contribution in [1.29, 1.82) is 0 Å². The summed E-state index contributed by atoms with van der Waals surface area (Å²) in [4.78, 5) is 0. The lowest BCUT2D eigenvalue weighted by Crippen LogP contribution is -2.10. The average Bonchev–Trinajstić information content (AvgIpc) is 2.83. The number of nitrogens with zero attached hydrogens (tertiary/aromatic N) is 3. The third kappa shape index (κ3) is 3.69. The van der Waals surface area contributed by atoms with Gasteiger partial charge in [0.05, 0.1) is 24.5 Å². The van der Waals surface area contributed by atoms with Crippen LogP contribution in [0.2, 0.25) is 10.0 Å². The highest BCUT2D eigenvalue weighted by molar-refractivity contribution is 6.33. The molecule has 0 fully saturated rings. The van der Waals surface area contributed by atoms with E-state index < -0.39 is 0 Å². The number of hydrogen-bond donors (Lipinski definition) is 1. The molecule has 0 saturated heterocycles. The molecule has 0 aliphatic carbocycles. The molecule has 2 aromatic rings. The quantitative estimate of drug-likeness (QED) is 0.920. The Morgan fingerprint density at radius 3 is 2.89 bits per heavy atom. The van der Waals surface area contributed by atoms with Crippen LogP contribution >= 0.6 is 23.2 Å². The summed E-state index contributed by atoms with van der Waals surface area (Å²) in [7, 11) is 0. The van der Waals surface area contributed by atoms with Crippen LogP contribution in [-0.2, 0) is 6.54 Å². The van der Waals surface area contributed by atoms with E-state index in [2.05, 4.69) is 17.2 Å². The summed E-state index contributed by atoms with van der Waals surface area (Å²) < 4.78 is 1.72. The number of rotatable bonds is 5. The van der Waals surface area contributed by atoms with Crippen molar-refractivity contribution >= 4 is 23.2 Å². The second kappa shape index (κ2) is 6.37. The van der Waals surface area contributed by atoms with Crippen molar-refractivity contribution in [3.05, 3.63) is 45.7 Å². The van der Waals surface area contributed by atoms with E-state index >= 15 is 0 Å². The van der Waals surface area contributed by atoms with E-state index in [4.69, 9.17) is 28.9 Å². The highest BCUT2D eigenvalue weighted by Crippen LogP contribution is 2.21. The van der Waals surface area contributed by atoms with E-state index in [1.165, 1.54) is 0 Å². The lowest BCUT2D eigenvalue weighted by Gasteiger charge is -2.05. The van der Waals surface area contributed by atoms with Crippen LogP contribution in [0.3, 0.4) is 0 Å². The Labute approximate surface area is 122 Å². The van der Waals surface area contributed by atoms with Crippen molar-refractivity contribution in [2.45, 2.75) is 32.4 Å². The molecule has 2 N–H and O–H groups in total. The number of benzene rings is 1. The second-order valence-electron chi connectivity index (χ2n) is 4.47. The Kier molecular flexibility index (Phi) is 4.80. The standard InChI is InChI=1S/C13H16Cl2N4/c1-2-3-12(16)13-8-19(18-17-13)7-9-6-10(14)4-5-11(9)15/h4-6,8,12H,2-3,7,16H2,1H3. The van der Waals surface area contributed by atoms with Crippen molar-refractivity contribution in [3.63, 3.8) is 0 Å². The highest BCUT2D eigenvalue weighted by atomic mass is 35.5. The molecule has 0 aliphatic rings. The van der Waals surface area contributed by atoms with Gasteiger partial charge in [-0.25, -0.2) is 4.68 Å². The predicted molar refractivity (Wildman–Crippen MR) is 77.4 cm³/mol. The Morgan fingerprint density at radius 2 is 2.16 bits per heavy atom. The zero-order chi connectivity index (χ0) is 13.8. The topological polar surface area (TPSA) is 56.7 Å². The molecule has 1 unspecified atom stereocenters. The van der Waals surface area contributed by atoms with Crippen LogP contribution < -0.4 is 5.73 Å². The number of hydrogen-bond acceptors (Lipinski definition) is 3. The van der Waals surface area contributed by atoms with Crippen LogP contribution in [0.4, 0.5) is 0 Å². The third-order valence-electron chi connectivity index (χ3n) is 2.88. The fraction of sp³-hybridized carbons (Fsp3) is 0.385. The zero-order valence-corrected chi connectivity index (χ0v) is 12.2. The second-order valence-corrected chi connectivity index (χ2v) is 5.32. The van der Waals surface area contributed by atoms with E-state index in [1.807, 2.05) is 12.3 Å². The first-order valence-corrected chi connectivity index (χ1v) is 6.95. The van der Waals surface area contributed by atoms with Crippen molar-refractivity contribution < 1.29 is 0 Å². The van der Waals surface area contributed by atoms with Crippen molar-refractivity contribution in [2.75, 3.05) is 0 Å². The van der Waals surface area contributed by atoms with E-state index in [1.54, 1.807) is 16.8 Å². The van der Waals surface area contributed by atoms with Gasteiger partial charge in [-0.15, -0.1) is 5.10 Å². The smallest absolute Gasteiger partial charge is 0.0994 e. The highest BCUT2D eigenvalue weighted by Gasteiger charge is 2.10. The van der Waals surface area contributed by atoms with Crippen molar-refractivity contribution in [1.82, 2.24) is 15.0 Å². The van der Waals surface area contributed by atoms with Gasteiger partial charge in [0.15, 0.2) is 0 Å². The maximum absolute atomic E-state index is 6.12. The molecule has 102 valence electrons. The molecule has 6 heteroatoms. The molecule has 1 heterocycles. The van der Waals surface area contributed by atoms with Gasteiger partial charge in [0.25, 0.3) is 0 Å². The summed E-state index contributed by atoms with van der Waals surface area (Å²) >= 11 is 12.1. The van der Waals surface area contributed by atoms with Gasteiger partial charge in [-0.2, -0.15) is 0 Å². The minimum Gasteiger partial charge on any atom is -0.323 e. The molecule has 4 nitrogen and oxygen atoms in total. The first-order valence-electron chi connectivity index (χ1n) is 6.19. The fourth-order valence-corrected chi connectivity index (χ4v) is 2.23. The largest absolute Gasteiger partial charge is 0.323 e. The molecule has 1 aromatic carbocycles. The summed E-state index contributed by atoms with van der Waals surface area (Å²) in [6, 6.07) is 5.31. The molecule has 0 bridgehead atoms. The van der Waals surface area contributed by atoms with Gasteiger partial charge in [-0.3, -0.25) is 0 Å². The van der Waals surface area contributed by atoms with E-state index in [9.17, 15) is 0 Å². The molecular weight excluding hydrogens is 283 g/mol. The Bertz CT molecular complexity index is 553. The maximum Gasteiger partial charge on any atom is 0.0994 e. The fourth-order valence-electron chi connectivity index (χ4n) is 1.86. The van der Waals surface area contributed by atoms with Crippen LogP contribution in [0.5, 0.6) is 0 Å². The molecule has 0 saturated carbocycles. The molecule has 0 aliphatic heterocycles. The van der Waals surface area contributed by atoms with E-state index in [-0.39, 0.29) is 6.04 Å². The number of aromatic nitrogens is 3. The van der Waals surface area contributed by atoms with Gasteiger partial charge in [0, 0.05) is 10.0 Å². The van der Waals surface area contributed by atoms with Crippen LogP contribution in [0.15, 0.2) is 24.4 Å². The number of halogens is 2. The lowest BCUT2D eigenvalue weighted by molar-refractivity contribution is 0.617. The van der Waals surface area contributed by atoms with Gasteiger partial charge in [-0.05, 0) is 30.2 Å².